The molecule has 0 atom stereocenters. The number of rotatable bonds is 3. The lowest BCUT2D eigenvalue weighted by molar-refractivity contribution is 0.102. The highest BCUT2D eigenvalue weighted by Gasteiger charge is 2.20. The quantitative estimate of drug-likeness (QED) is 0.460. The van der Waals surface area contributed by atoms with Gasteiger partial charge in [-0.1, -0.05) is 18.2 Å². The number of azo groups is 1. The maximum absolute atomic E-state index is 9.22. The van der Waals surface area contributed by atoms with Crippen molar-refractivity contribution in [2.45, 2.75) is 6.92 Å². The second-order valence-corrected chi connectivity index (χ2v) is 6.94. The largest absolute Gasteiger partial charge is 0.726 e. The Morgan fingerprint density at radius 2 is 1.77 bits per heavy atom. The molecule has 0 bridgehead atoms. The van der Waals surface area contributed by atoms with Gasteiger partial charge in [-0.05, 0) is 13.0 Å². The van der Waals surface area contributed by atoms with Crippen molar-refractivity contribution in [2.24, 2.45) is 17.3 Å². The van der Waals surface area contributed by atoms with Gasteiger partial charge in [-0.25, -0.2) is 13.4 Å². The van der Waals surface area contributed by atoms with Crippen molar-refractivity contribution in [1.82, 2.24) is 14.6 Å². The minimum absolute atomic E-state index is 0.802. The molecule has 0 radical (unpaired) electrons. The molecule has 26 heavy (non-hydrogen) atoms. The van der Waals surface area contributed by atoms with Crippen LogP contribution in [0.1, 0.15) is 6.92 Å². The normalized spacial score (nSPS) is 15.8. The molecule has 0 N–H and O–H groups in total. The number of hydrogen-bond donors (Lipinski definition) is 0. The van der Waals surface area contributed by atoms with Gasteiger partial charge < -0.3 is 14.1 Å². The number of aromatic nitrogens is 1. The van der Waals surface area contributed by atoms with Gasteiger partial charge in [0.15, 0.2) is 0 Å². The first-order valence-corrected chi connectivity index (χ1v) is 9.09. The molecule has 9 nitrogen and oxygen atoms in total. The molecule has 3 rings (SSSR count). The van der Waals surface area contributed by atoms with Gasteiger partial charge in [-0.15, -0.1) is 5.11 Å². The molecular weight excluding hydrogens is 358 g/mol. The molecule has 0 unspecified atom stereocenters. The van der Waals surface area contributed by atoms with E-state index in [0.717, 1.165) is 36.1 Å². The van der Waals surface area contributed by atoms with E-state index in [9.17, 15) is 13.0 Å². The van der Waals surface area contributed by atoms with Gasteiger partial charge in [0.25, 0.3) is 0 Å². The molecule has 0 fully saturated rings. The fourth-order valence-electron chi connectivity index (χ4n) is 2.50. The summed E-state index contributed by atoms with van der Waals surface area (Å²) in [4.78, 5) is 0. The fourth-order valence-corrected chi connectivity index (χ4v) is 2.50. The zero-order valence-electron chi connectivity index (χ0n) is 15.4. The number of fused-ring (bicyclic) bond motifs is 1. The van der Waals surface area contributed by atoms with Crippen molar-refractivity contribution >= 4 is 27.0 Å². The average molecular weight is 380 g/mol. The van der Waals surface area contributed by atoms with Crippen LogP contribution in [-0.4, -0.2) is 55.3 Å². The highest BCUT2D eigenvalue weighted by molar-refractivity contribution is 7.80. The summed E-state index contributed by atoms with van der Waals surface area (Å²) in [5.41, 5.74) is 4.26. The first kappa shape index (κ1) is 20.0. The monoisotopic (exact) mass is 380 g/mol. The predicted octanol–water partition coefficient (Wildman–Crippen LogP) is 2.38. The molecule has 10 heteroatoms. The first-order chi connectivity index (χ1) is 12.1. The van der Waals surface area contributed by atoms with E-state index in [0.29, 0.717) is 0 Å². The van der Waals surface area contributed by atoms with E-state index in [1.807, 2.05) is 39.5 Å². The van der Waals surface area contributed by atoms with E-state index >= 15 is 0 Å². The summed E-state index contributed by atoms with van der Waals surface area (Å²) in [7, 11) is 2.51. The van der Waals surface area contributed by atoms with E-state index in [1.54, 1.807) is 0 Å². The van der Waals surface area contributed by atoms with Crippen LogP contribution in [0.4, 0.5) is 5.69 Å². The fraction of sp³-hybridized carbons (Fsp3) is 0.375. The molecular formula is C16H22N5O4S-. The van der Waals surface area contributed by atoms with Gasteiger partial charge in [0.1, 0.15) is 5.69 Å². The van der Waals surface area contributed by atoms with Gasteiger partial charge >= 0.3 is 0 Å². The number of likely N-dealkylation sites (N-methyl/N-ethyl adjacent to an activating group) is 1. The zero-order valence-corrected chi connectivity index (χ0v) is 16.2. The Morgan fingerprint density at radius 3 is 2.31 bits per heavy atom. The van der Waals surface area contributed by atoms with Gasteiger partial charge in [0.05, 0.1) is 30.6 Å². The third kappa shape index (κ3) is 4.67. The van der Waals surface area contributed by atoms with Crippen LogP contribution in [0.25, 0.3) is 10.9 Å². The smallest absolute Gasteiger partial charge is 0.217 e. The van der Waals surface area contributed by atoms with Crippen LogP contribution in [0.3, 0.4) is 0 Å². The summed E-state index contributed by atoms with van der Waals surface area (Å²) in [6, 6.07) is 8.24. The summed E-state index contributed by atoms with van der Waals surface area (Å²) in [6.45, 7) is 2.87. The number of para-hydroxylation sites is 1. The van der Waals surface area contributed by atoms with Gasteiger partial charge in [0.2, 0.25) is 10.4 Å². The van der Waals surface area contributed by atoms with Gasteiger partial charge in [-0.3, -0.25) is 4.18 Å². The van der Waals surface area contributed by atoms with Crippen molar-refractivity contribution in [3.05, 3.63) is 41.9 Å². The number of hydrogen-bond acceptors (Lipinski definition) is 8. The molecule has 0 saturated carbocycles. The molecule has 0 amide bonds. The second-order valence-electron chi connectivity index (χ2n) is 5.79. The molecule has 0 spiro atoms. The van der Waals surface area contributed by atoms with E-state index in [4.69, 9.17) is 0 Å². The predicted molar refractivity (Wildman–Crippen MR) is 97.2 cm³/mol. The summed E-state index contributed by atoms with van der Waals surface area (Å²) >= 11 is 0. The molecule has 0 aliphatic carbocycles. The third-order valence-electron chi connectivity index (χ3n) is 4.15. The topological polar surface area (TPSA) is 103 Å². The van der Waals surface area contributed by atoms with Crippen LogP contribution >= 0.6 is 0 Å². The van der Waals surface area contributed by atoms with E-state index in [2.05, 4.69) is 48.1 Å². The van der Waals surface area contributed by atoms with Crippen molar-refractivity contribution in [3.8, 4) is 0 Å². The number of nitrogens with zero attached hydrogens (tertiary/aromatic N) is 5. The van der Waals surface area contributed by atoms with Crippen molar-refractivity contribution < 1.29 is 17.2 Å². The summed E-state index contributed by atoms with van der Waals surface area (Å²) in [5, 5.41) is 14.2. The van der Waals surface area contributed by atoms with Crippen LogP contribution in [0.2, 0.25) is 0 Å². The van der Waals surface area contributed by atoms with Crippen molar-refractivity contribution in [1.29, 1.82) is 0 Å². The summed E-state index contributed by atoms with van der Waals surface area (Å²) < 4.78 is 33.1. The molecule has 2 aromatic rings. The van der Waals surface area contributed by atoms with Crippen molar-refractivity contribution in [2.75, 3.05) is 27.7 Å². The number of hydrazine groups is 1. The lowest BCUT2D eigenvalue weighted by Gasteiger charge is -2.21. The van der Waals surface area contributed by atoms with Gasteiger partial charge in [0, 0.05) is 32.7 Å². The van der Waals surface area contributed by atoms with E-state index < -0.39 is 10.4 Å². The molecule has 1 aliphatic heterocycles. The van der Waals surface area contributed by atoms with Gasteiger partial charge in [-0.2, -0.15) is 5.11 Å². The summed E-state index contributed by atoms with van der Waals surface area (Å²) in [5.74, 6) is 0. The second kappa shape index (κ2) is 7.96. The molecule has 1 aromatic heterocycles. The first-order valence-electron chi connectivity index (χ1n) is 7.75. The summed E-state index contributed by atoms with van der Waals surface area (Å²) in [6.07, 6.45) is 2.02. The number of benzene rings is 1. The molecule has 2 heterocycles. The Hall–Kier alpha value is -2.27. The lowest BCUT2D eigenvalue weighted by atomic mass is 10.2. The lowest BCUT2D eigenvalue weighted by Crippen LogP contribution is -2.29. The van der Waals surface area contributed by atoms with Crippen LogP contribution in [-0.2, 0) is 21.6 Å². The Balaban J connectivity index is 0.000000352. The number of aryl methyl sites for hydroxylation is 1. The van der Waals surface area contributed by atoms with Crippen LogP contribution in [0, 0.1) is 0 Å². The highest BCUT2D eigenvalue weighted by Crippen LogP contribution is 2.29. The van der Waals surface area contributed by atoms with E-state index in [-0.39, 0.29) is 0 Å². The average Bonchev–Trinajstić information content (AvgIpc) is 3.05. The zero-order chi connectivity index (χ0) is 19.5. The maximum atomic E-state index is 9.22. The van der Waals surface area contributed by atoms with Crippen molar-refractivity contribution in [3.63, 3.8) is 0 Å². The standard InChI is InChI=1S/C15H19N5.CH4O4S/c1-11-13(10-19(3)20(11)4)16-17-14-9-18(2)15-8-6-5-7-12(14)15;1-5-6(2,3)4/h5-9H,10H2,1-4H3;1H3,(H,2,3,4)/p-1. The van der Waals surface area contributed by atoms with Crippen LogP contribution < -0.4 is 0 Å². The Morgan fingerprint density at radius 1 is 1.15 bits per heavy atom. The molecule has 142 valence electrons. The number of allylic oxidation sites excluding steroid dienone is 1. The molecule has 1 aliphatic rings. The molecule has 1 aromatic carbocycles. The van der Waals surface area contributed by atoms with E-state index in [1.165, 1.54) is 5.52 Å². The molecule has 0 saturated heterocycles. The Labute approximate surface area is 153 Å². The van der Waals surface area contributed by atoms with Crippen LogP contribution in [0.5, 0.6) is 0 Å². The SMILES string of the molecule is CC1=C(N=Nc2cn(C)c3ccccc23)CN(C)N1C.COS(=O)(=O)[O-]. The third-order valence-corrected chi connectivity index (χ3v) is 4.56. The minimum Gasteiger partial charge on any atom is -0.726 e. The highest BCUT2D eigenvalue weighted by atomic mass is 32.3. The maximum Gasteiger partial charge on any atom is 0.217 e. The van der Waals surface area contributed by atoms with Crippen LogP contribution in [0.15, 0.2) is 52.1 Å². The Bertz CT molecular complexity index is 949. The Kier molecular flexibility index (Phi) is 6.13. The minimum atomic E-state index is -4.41.